The van der Waals surface area contributed by atoms with E-state index in [1.165, 1.54) is 7.11 Å². The molecule has 2 aromatic carbocycles. The number of carbonyl (C=O) groups excluding carboxylic acids is 1. The fraction of sp³-hybridized carbons (Fsp3) is 0.190. The molecule has 3 rings (SSSR count). The summed E-state index contributed by atoms with van der Waals surface area (Å²) >= 11 is 0. The van der Waals surface area contributed by atoms with E-state index in [2.05, 4.69) is 27.1 Å². The zero-order valence-electron chi connectivity index (χ0n) is 15.6. The molecule has 0 aliphatic carbocycles. The van der Waals surface area contributed by atoms with Crippen molar-refractivity contribution in [1.29, 1.82) is 0 Å². The molecule has 3 aromatic rings. The topological polar surface area (TPSA) is 67.4 Å². The zero-order chi connectivity index (χ0) is 19.2. The Morgan fingerprint density at radius 1 is 1.07 bits per heavy atom. The first-order valence-corrected chi connectivity index (χ1v) is 8.74. The highest BCUT2D eigenvalue weighted by Gasteiger charge is 2.12. The predicted molar refractivity (Wildman–Crippen MR) is 107 cm³/mol. The van der Waals surface area contributed by atoms with Crippen molar-refractivity contribution in [3.05, 3.63) is 72.1 Å². The van der Waals surface area contributed by atoms with Gasteiger partial charge in [-0.05, 0) is 44.2 Å². The fourth-order valence-corrected chi connectivity index (χ4v) is 2.83. The van der Waals surface area contributed by atoms with Gasteiger partial charge in [0.2, 0.25) is 0 Å². The van der Waals surface area contributed by atoms with Crippen LogP contribution >= 0.6 is 0 Å². The minimum atomic E-state index is -0.376. The van der Waals surface area contributed by atoms with Crippen molar-refractivity contribution in [2.24, 2.45) is 0 Å². The zero-order valence-corrected chi connectivity index (χ0v) is 15.6. The fourth-order valence-electron chi connectivity index (χ4n) is 2.83. The Morgan fingerprint density at radius 2 is 1.85 bits per heavy atom. The second-order valence-corrected chi connectivity index (χ2v) is 5.94. The third-order valence-electron chi connectivity index (χ3n) is 4.04. The highest BCUT2D eigenvalue weighted by Crippen LogP contribution is 2.26. The summed E-state index contributed by atoms with van der Waals surface area (Å²) in [4.78, 5) is 22.9. The molecule has 0 saturated heterocycles. The van der Waals surface area contributed by atoms with E-state index in [0.717, 1.165) is 23.7 Å². The van der Waals surface area contributed by atoms with Gasteiger partial charge in [-0.2, -0.15) is 0 Å². The minimum Gasteiger partial charge on any atom is -0.465 e. The van der Waals surface area contributed by atoms with E-state index < -0.39 is 0 Å². The molecule has 0 bridgehead atoms. The van der Waals surface area contributed by atoms with Gasteiger partial charge in [0.15, 0.2) is 0 Å². The number of nitrogens with one attached hydrogen (secondary N) is 1. The molecule has 1 N–H and O–H groups in total. The van der Waals surface area contributed by atoms with Gasteiger partial charge in [-0.25, -0.2) is 14.8 Å². The number of aryl methyl sites for hydroxylation is 1. The molecule has 0 spiro atoms. The van der Waals surface area contributed by atoms with Crippen molar-refractivity contribution in [2.75, 3.05) is 23.9 Å². The van der Waals surface area contributed by atoms with Crippen LogP contribution in [0.4, 0.5) is 23.0 Å². The number of methoxy groups -OCH3 is 1. The van der Waals surface area contributed by atoms with E-state index in [1.807, 2.05) is 49.4 Å². The normalized spacial score (nSPS) is 10.3. The monoisotopic (exact) mass is 362 g/mol. The molecule has 0 unspecified atom stereocenters. The molecule has 0 fully saturated rings. The third-order valence-corrected chi connectivity index (χ3v) is 4.04. The Bertz CT molecular complexity index is 928. The van der Waals surface area contributed by atoms with Crippen LogP contribution in [0.1, 0.15) is 23.1 Å². The van der Waals surface area contributed by atoms with Gasteiger partial charge in [-0.15, -0.1) is 0 Å². The van der Waals surface area contributed by atoms with Crippen LogP contribution in [0.25, 0.3) is 0 Å². The Balaban J connectivity index is 1.91. The Morgan fingerprint density at radius 3 is 2.56 bits per heavy atom. The number of hydrogen-bond donors (Lipinski definition) is 1. The van der Waals surface area contributed by atoms with E-state index in [9.17, 15) is 4.79 Å². The molecular formula is C21H22N4O2. The molecule has 0 radical (unpaired) electrons. The largest absolute Gasteiger partial charge is 0.465 e. The van der Waals surface area contributed by atoms with Crippen molar-refractivity contribution in [1.82, 2.24) is 9.97 Å². The number of aromatic nitrogens is 2. The highest BCUT2D eigenvalue weighted by atomic mass is 16.5. The first kappa shape index (κ1) is 18.4. The molecule has 6 nitrogen and oxygen atoms in total. The van der Waals surface area contributed by atoms with Gasteiger partial charge >= 0.3 is 5.97 Å². The Hall–Kier alpha value is -3.41. The number of carbonyl (C=O) groups is 1. The van der Waals surface area contributed by atoms with Gasteiger partial charge in [-0.1, -0.05) is 24.3 Å². The van der Waals surface area contributed by atoms with E-state index in [4.69, 9.17) is 4.74 Å². The molecule has 1 aromatic heterocycles. The van der Waals surface area contributed by atoms with E-state index in [-0.39, 0.29) is 5.97 Å². The number of rotatable bonds is 6. The number of nitrogens with zero attached hydrogens (tertiary/aromatic N) is 3. The van der Waals surface area contributed by atoms with Crippen LogP contribution in [-0.2, 0) is 4.74 Å². The number of para-hydroxylation sites is 1. The first-order chi connectivity index (χ1) is 13.1. The molecule has 1 heterocycles. The smallest absolute Gasteiger partial charge is 0.337 e. The SMILES string of the molecule is CCN(c1ccccc1)c1cc(Nc2cccc(C(=O)OC)c2)nc(C)n1. The van der Waals surface area contributed by atoms with E-state index in [1.54, 1.807) is 18.2 Å². The second-order valence-electron chi connectivity index (χ2n) is 5.94. The average Bonchev–Trinajstić information content (AvgIpc) is 2.68. The van der Waals surface area contributed by atoms with E-state index in [0.29, 0.717) is 17.2 Å². The predicted octanol–water partition coefficient (Wildman–Crippen LogP) is 4.47. The van der Waals surface area contributed by atoms with Crippen molar-refractivity contribution >= 4 is 29.0 Å². The first-order valence-electron chi connectivity index (χ1n) is 8.74. The summed E-state index contributed by atoms with van der Waals surface area (Å²) in [5.74, 6) is 1.75. The van der Waals surface area contributed by atoms with Crippen LogP contribution in [0.2, 0.25) is 0 Å². The van der Waals surface area contributed by atoms with Gasteiger partial charge < -0.3 is 15.0 Å². The lowest BCUT2D eigenvalue weighted by Gasteiger charge is -2.23. The number of ether oxygens (including phenoxy) is 1. The Kier molecular flexibility index (Phi) is 5.66. The number of benzene rings is 2. The van der Waals surface area contributed by atoms with Gasteiger partial charge in [0.25, 0.3) is 0 Å². The summed E-state index contributed by atoms with van der Waals surface area (Å²) in [5, 5.41) is 3.25. The van der Waals surface area contributed by atoms with Gasteiger partial charge in [0, 0.05) is 24.0 Å². The minimum absolute atomic E-state index is 0.376. The molecular weight excluding hydrogens is 340 g/mol. The van der Waals surface area contributed by atoms with Gasteiger partial charge in [0.05, 0.1) is 12.7 Å². The van der Waals surface area contributed by atoms with Crippen LogP contribution in [0, 0.1) is 6.92 Å². The van der Waals surface area contributed by atoms with E-state index >= 15 is 0 Å². The molecule has 27 heavy (non-hydrogen) atoms. The lowest BCUT2D eigenvalue weighted by Crippen LogP contribution is -2.18. The summed E-state index contributed by atoms with van der Waals surface area (Å²) in [6.45, 7) is 4.72. The van der Waals surface area contributed by atoms with Crippen molar-refractivity contribution in [3.63, 3.8) is 0 Å². The summed E-state index contributed by atoms with van der Waals surface area (Å²) < 4.78 is 4.78. The lowest BCUT2D eigenvalue weighted by atomic mass is 10.2. The maximum absolute atomic E-state index is 11.7. The maximum atomic E-state index is 11.7. The summed E-state index contributed by atoms with van der Waals surface area (Å²) in [6, 6.07) is 19.1. The van der Waals surface area contributed by atoms with Gasteiger partial charge in [-0.3, -0.25) is 0 Å². The van der Waals surface area contributed by atoms with Crippen molar-refractivity contribution < 1.29 is 9.53 Å². The maximum Gasteiger partial charge on any atom is 0.337 e. The highest BCUT2D eigenvalue weighted by molar-refractivity contribution is 5.90. The van der Waals surface area contributed by atoms with Crippen LogP contribution in [-0.4, -0.2) is 29.6 Å². The molecule has 6 heteroatoms. The van der Waals surface area contributed by atoms with Crippen LogP contribution < -0.4 is 10.2 Å². The Labute approximate surface area is 158 Å². The third kappa shape index (κ3) is 4.41. The lowest BCUT2D eigenvalue weighted by molar-refractivity contribution is 0.0601. The standard InChI is InChI=1S/C21H22N4O2/c1-4-25(18-11-6-5-7-12-18)20-14-19(22-15(2)23-20)24-17-10-8-9-16(13-17)21(26)27-3/h5-14H,4H2,1-3H3,(H,22,23,24). The molecule has 0 saturated carbocycles. The number of anilines is 4. The summed E-state index contributed by atoms with van der Waals surface area (Å²) in [6.07, 6.45) is 0. The average molecular weight is 362 g/mol. The van der Waals surface area contributed by atoms with Crippen molar-refractivity contribution in [3.8, 4) is 0 Å². The van der Waals surface area contributed by atoms with Gasteiger partial charge in [0.1, 0.15) is 17.5 Å². The number of hydrogen-bond acceptors (Lipinski definition) is 6. The molecule has 0 atom stereocenters. The number of esters is 1. The van der Waals surface area contributed by atoms with Crippen LogP contribution in [0.3, 0.4) is 0 Å². The van der Waals surface area contributed by atoms with Crippen molar-refractivity contribution in [2.45, 2.75) is 13.8 Å². The molecule has 0 aliphatic rings. The second kappa shape index (κ2) is 8.31. The molecule has 0 amide bonds. The molecule has 138 valence electrons. The summed E-state index contributed by atoms with van der Waals surface area (Å²) in [7, 11) is 1.37. The quantitative estimate of drug-likeness (QED) is 0.653. The van der Waals surface area contributed by atoms with Crippen LogP contribution in [0.5, 0.6) is 0 Å². The molecule has 0 aliphatic heterocycles. The van der Waals surface area contributed by atoms with Crippen LogP contribution in [0.15, 0.2) is 60.7 Å². The summed E-state index contributed by atoms with van der Waals surface area (Å²) in [5.41, 5.74) is 2.30.